The summed E-state index contributed by atoms with van der Waals surface area (Å²) in [5.74, 6) is -2.65. The maximum Gasteiger partial charge on any atom is 0.247 e. The molecule has 3 aliphatic heterocycles. The summed E-state index contributed by atoms with van der Waals surface area (Å²) in [4.78, 5) is 43.9. The lowest BCUT2D eigenvalue weighted by molar-refractivity contribution is -0.151. The standard InChI is InChI=1S/C31H38N6O5/c1-4-14-32-27(39)24-25-29(41)37(21(17-38)15-20-10-6-5-7-11-20)26(31(25)16-19(2)30(24,3)42-31)28(40)33-18-36-23-13-9-8-12-22(23)34-35-36/h5-13,19,21,24-26,38H,4,14-18H2,1-3H3,(H,32,39)(H,33,40)/t19?,21-,24-,25+,26?,30+,31?/m1/s1. The number of carbonyl (C=O) groups is 3. The van der Waals surface area contributed by atoms with Crippen molar-refractivity contribution in [1.29, 1.82) is 0 Å². The molecule has 3 aromatic rings. The normalized spacial score (nSPS) is 30.5. The molecule has 11 nitrogen and oxygen atoms in total. The molecule has 7 atom stereocenters. The van der Waals surface area contributed by atoms with Crippen LogP contribution in [0.25, 0.3) is 11.0 Å². The Morgan fingerprint density at radius 2 is 1.86 bits per heavy atom. The van der Waals surface area contributed by atoms with Crippen molar-refractivity contribution in [2.75, 3.05) is 13.2 Å². The summed E-state index contributed by atoms with van der Waals surface area (Å²) >= 11 is 0. The lowest BCUT2D eigenvalue weighted by Crippen LogP contribution is -2.58. The molecule has 3 N–H and O–H groups in total. The predicted octanol–water partition coefficient (Wildman–Crippen LogP) is 1.65. The van der Waals surface area contributed by atoms with Crippen molar-refractivity contribution in [2.24, 2.45) is 17.8 Å². The van der Waals surface area contributed by atoms with Crippen LogP contribution in [0.2, 0.25) is 0 Å². The van der Waals surface area contributed by atoms with Gasteiger partial charge in [-0.3, -0.25) is 14.4 Å². The lowest BCUT2D eigenvalue weighted by Gasteiger charge is -2.37. The van der Waals surface area contributed by atoms with Gasteiger partial charge in [-0.15, -0.1) is 5.10 Å². The molecule has 11 heteroatoms. The van der Waals surface area contributed by atoms with E-state index in [1.54, 1.807) is 4.68 Å². The Kier molecular flexibility index (Phi) is 7.26. The number of nitrogens with zero attached hydrogens (tertiary/aromatic N) is 4. The van der Waals surface area contributed by atoms with E-state index < -0.39 is 41.0 Å². The number of carbonyl (C=O) groups excluding carboxylic acids is 3. The summed E-state index contributed by atoms with van der Waals surface area (Å²) in [6.07, 6.45) is 1.55. The van der Waals surface area contributed by atoms with Crippen molar-refractivity contribution >= 4 is 28.8 Å². The zero-order chi connectivity index (χ0) is 29.6. The average molecular weight is 575 g/mol. The van der Waals surface area contributed by atoms with Crippen molar-refractivity contribution in [3.8, 4) is 0 Å². The fraction of sp³-hybridized carbons (Fsp3) is 0.516. The molecule has 3 amide bonds. The first-order valence-electron chi connectivity index (χ1n) is 14.8. The van der Waals surface area contributed by atoms with Gasteiger partial charge in [0.1, 0.15) is 23.8 Å². The van der Waals surface area contributed by atoms with Gasteiger partial charge >= 0.3 is 0 Å². The van der Waals surface area contributed by atoms with E-state index in [4.69, 9.17) is 4.74 Å². The summed E-state index contributed by atoms with van der Waals surface area (Å²) in [7, 11) is 0. The smallest absolute Gasteiger partial charge is 0.247 e. The third-order valence-electron chi connectivity index (χ3n) is 9.57. The Morgan fingerprint density at radius 1 is 1.12 bits per heavy atom. The predicted molar refractivity (Wildman–Crippen MR) is 154 cm³/mol. The monoisotopic (exact) mass is 574 g/mol. The molecular weight excluding hydrogens is 536 g/mol. The molecule has 3 aliphatic rings. The fourth-order valence-electron chi connectivity index (χ4n) is 7.55. The molecule has 1 aromatic heterocycles. The fourth-order valence-corrected chi connectivity index (χ4v) is 7.55. The number of aliphatic hydroxyl groups is 1. The Labute approximate surface area is 244 Å². The molecule has 0 saturated carbocycles. The maximum absolute atomic E-state index is 14.5. The number of aromatic nitrogens is 3. The molecule has 222 valence electrons. The number of hydrogen-bond acceptors (Lipinski definition) is 7. The molecule has 2 bridgehead atoms. The maximum atomic E-state index is 14.5. The molecule has 0 radical (unpaired) electrons. The lowest BCUT2D eigenvalue weighted by atomic mass is 9.62. The molecule has 6 rings (SSSR count). The van der Waals surface area contributed by atoms with Crippen molar-refractivity contribution in [2.45, 2.75) is 70.0 Å². The van der Waals surface area contributed by atoms with Gasteiger partial charge in [-0.1, -0.05) is 61.5 Å². The van der Waals surface area contributed by atoms with Crippen LogP contribution in [0.3, 0.4) is 0 Å². The second-order valence-electron chi connectivity index (χ2n) is 12.0. The van der Waals surface area contributed by atoms with Crippen LogP contribution in [0, 0.1) is 17.8 Å². The molecule has 2 aromatic carbocycles. The Morgan fingerprint density at radius 3 is 2.60 bits per heavy atom. The topological polar surface area (TPSA) is 139 Å². The minimum absolute atomic E-state index is 0.0360. The summed E-state index contributed by atoms with van der Waals surface area (Å²) in [5.41, 5.74) is 0.274. The zero-order valence-corrected chi connectivity index (χ0v) is 24.2. The van der Waals surface area contributed by atoms with Crippen LogP contribution in [0.5, 0.6) is 0 Å². The zero-order valence-electron chi connectivity index (χ0n) is 24.2. The first-order chi connectivity index (χ1) is 20.2. The van der Waals surface area contributed by atoms with E-state index in [-0.39, 0.29) is 31.0 Å². The van der Waals surface area contributed by atoms with Gasteiger partial charge in [-0.2, -0.15) is 0 Å². The quantitative estimate of drug-likeness (QED) is 0.335. The third kappa shape index (κ3) is 4.29. The largest absolute Gasteiger partial charge is 0.394 e. The first kappa shape index (κ1) is 28.3. The van der Waals surface area contributed by atoms with Crippen LogP contribution in [-0.2, 0) is 32.2 Å². The van der Waals surface area contributed by atoms with Crippen molar-refractivity contribution in [3.63, 3.8) is 0 Å². The molecule has 3 unspecified atom stereocenters. The minimum atomic E-state index is -1.21. The minimum Gasteiger partial charge on any atom is -0.394 e. The molecule has 1 spiro atoms. The number of aliphatic hydroxyl groups excluding tert-OH is 1. The van der Waals surface area contributed by atoms with Crippen LogP contribution < -0.4 is 10.6 Å². The van der Waals surface area contributed by atoms with Crippen molar-refractivity contribution in [1.82, 2.24) is 30.5 Å². The Bertz CT molecular complexity index is 1500. The van der Waals surface area contributed by atoms with Gasteiger partial charge in [0.15, 0.2) is 0 Å². The van der Waals surface area contributed by atoms with E-state index >= 15 is 0 Å². The van der Waals surface area contributed by atoms with Gasteiger partial charge in [-0.05, 0) is 49.8 Å². The number of likely N-dealkylation sites (tertiary alicyclic amines) is 1. The number of hydrogen-bond donors (Lipinski definition) is 3. The van der Waals surface area contributed by atoms with E-state index in [9.17, 15) is 19.5 Å². The van der Waals surface area contributed by atoms with E-state index in [0.29, 0.717) is 24.9 Å². The molecule has 42 heavy (non-hydrogen) atoms. The number of fused-ring (bicyclic) bond motifs is 2. The highest BCUT2D eigenvalue weighted by Gasteiger charge is 2.80. The van der Waals surface area contributed by atoms with Gasteiger partial charge in [-0.25, -0.2) is 4.68 Å². The SMILES string of the molecule is CCCNC(=O)[C@H]1[C@H]2C(=O)N([C@@H](CO)Cc3ccccc3)C(C(=O)NCn3nnc4ccccc43)C23CC(C)[C@]1(C)O3. The Balaban J connectivity index is 1.38. The summed E-state index contributed by atoms with van der Waals surface area (Å²) in [6.45, 7) is 6.06. The molecule has 3 saturated heterocycles. The summed E-state index contributed by atoms with van der Waals surface area (Å²) < 4.78 is 8.38. The van der Waals surface area contributed by atoms with Crippen LogP contribution >= 0.6 is 0 Å². The Hall–Kier alpha value is -3.83. The molecule has 4 heterocycles. The van der Waals surface area contributed by atoms with E-state index in [2.05, 4.69) is 20.9 Å². The summed E-state index contributed by atoms with van der Waals surface area (Å²) in [5, 5.41) is 24.9. The van der Waals surface area contributed by atoms with Crippen LogP contribution in [0.1, 0.15) is 39.2 Å². The third-order valence-corrected chi connectivity index (χ3v) is 9.57. The van der Waals surface area contributed by atoms with Gasteiger partial charge in [0.2, 0.25) is 17.7 Å². The average Bonchev–Trinajstić information content (AvgIpc) is 3.67. The number of ether oxygens (including phenoxy) is 1. The van der Waals surface area contributed by atoms with E-state index in [1.807, 2.05) is 75.4 Å². The number of amides is 3. The second-order valence-corrected chi connectivity index (χ2v) is 12.0. The van der Waals surface area contributed by atoms with Gasteiger partial charge in [0.25, 0.3) is 0 Å². The van der Waals surface area contributed by atoms with E-state index in [1.165, 1.54) is 4.90 Å². The van der Waals surface area contributed by atoms with Crippen molar-refractivity contribution < 1.29 is 24.2 Å². The number of nitrogens with one attached hydrogen (secondary N) is 2. The number of rotatable bonds is 10. The molecule has 3 fully saturated rings. The van der Waals surface area contributed by atoms with Gasteiger partial charge in [0, 0.05) is 6.54 Å². The molecular formula is C31H38N6O5. The summed E-state index contributed by atoms with van der Waals surface area (Å²) in [6, 6.07) is 15.3. The number of benzene rings is 2. The van der Waals surface area contributed by atoms with Gasteiger partial charge < -0.3 is 25.4 Å². The first-order valence-corrected chi connectivity index (χ1v) is 14.8. The highest BCUT2D eigenvalue weighted by atomic mass is 16.5. The van der Waals surface area contributed by atoms with Gasteiger partial charge in [0.05, 0.1) is 35.6 Å². The van der Waals surface area contributed by atoms with Crippen LogP contribution in [-0.4, -0.2) is 79.2 Å². The van der Waals surface area contributed by atoms with E-state index in [0.717, 1.165) is 17.5 Å². The highest BCUT2D eigenvalue weighted by molar-refractivity contribution is 5.99. The van der Waals surface area contributed by atoms with Crippen LogP contribution in [0.15, 0.2) is 54.6 Å². The number of para-hydroxylation sites is 1. The molecule has 0 aliphatic carbocycles. The second kappa shape index (κ2) is 10.8. The van der Waals surface area contributed by atoms with Crippen LogP contribution in [0.4, 0.5) is 0 Å². The van der Waals surface area contributed by atoms with Crippen molar-refractivity contribution in [3.05, 3.63) is 60.2 Å². The highest BCUT2D eigenvalue weighted by Crippen LogP contribution is 2.65.